The highest BCUT2D eigenvalue weighted by Crippen LogP contribution is 2.24. The molecule has 0 fully saturated rings. The minimum Gasteiger partial charge on any atom is -0.598 e. The average molecular weight is 310 g/mol. The van der Waals surface area contributed by atoms with Crippen LogP contribution in [0.3, 0.4) is 0 Å². The normalized spacial score (nSPS) is 15.2. The van der Waals surface area contributed by atoms with Gasteiger partial charge in [0.25, 0.3) is 0 Å². The van der Waals surface area contributed by atoms with Crippen LogP contribution in [0.2, 0.25) is 0 Å². The topological polar surface area (TPSA) is 70.3 Å². The minimum absolute atomic E-state index is 0.0965. The van der Waals surface area contributed by atoms with Crippen LogP contribution < -0.4 is 15.2 Å². The minimum atomic E-state index is -3.01. The smallest absolute Gasteiger partial charge is 0.387 e. The summed E-state index contributed by atoms with van der Waals surface area (Å²) in [6, 6.07) is 3.09. The van der Waals surface area contributed by atoms with Crippen LogP contribution in [-0.2, 0) is 11.4 Å². The largest absolute Gasteiger partial charge is 0.598 e. The van der Waals surface area contributed by atoms with Crippen molar-refractivity contribution in [3.05, 3.63) is 29.6 Å². The number of ether oxygens (including phenoxy) is 1. The van der Waals surface area contributed by atoms with Crippen LogP contribution in [0.15, 0.2) is 18.2 Å². The molecule has 8 heteroatoms. The van der Waals surface area contributed by atoms with E-state index in [-0.39, 0.29) is 11.3 Å². The van der Waals surface area contributed by atoms with Crippen LogP contribution in [0.25, 0.3) is 0 Å². The molecule has 0 bridgehead atoms. The zero-order chi connectivity index (χ0) is 15.5. The van der Waals surface area contributed by atoms with Gasteiger partial charge in [0.1, 0.15) is 22.5 Å². The quantitative estimate of drug-likeness (QED) is 0.647. The molecule has 0 amide bonds. The second kappa shape index (κ2) is 6.66. The molecule has 0 spiro atoms. The molecule has 0 aliphatic carbocycles. The number of alkyl halides is 2. The molecule has 0 saturated carbocycles. The molecule has 0 heterocycles. The van der Waals surface area contributed by atoms with Crippen LogP contribution in [0.4, 0.5) is 13.2 Å². The van der Waals surface area contributed by atoms with E-state index in [9.17, 15) is 17.7 Å². The van der Waals surface area contributed by atoms with Gasteiger partial charge in [-0.15, -0.1) is 4.72 Å². The number of hydrogen-bond acceptors (Lipinski definition) is 4. The van der Waals surface area contributed by atoms with E-state index in [0.29, 0.717) is 0 Å². The molecular formula is C12H17F3N2O2S. The Morgan fingerprint density at radius 3 is 2.45 bits per heavy atom. The Bertz CT molecular complexity index is 455. The average Bonchev–Trinajstić information content (AvgIpc) is 2.29. The van der Waals surface area contributed by atoms with Gasteiger partial charge in [-0.2, -0.15) is 8.78 Å². The summed E-state index contributed by atoms with van der Waals surface area (Å²) in [5.74, 6) is -0.910. The number of benzene rings is 1. The molecule has 114 valence electrons. The van der Waals surface area contributed by atoms with Crippen LogP contribution in [0, 0.1) is 5.82 Å². The molecule has 0 aliphatic heterocycles. The van der Waals surface area contributed by atoms with Gasteiger partial charge < -0.3 is 15.0 Å². The van der Waals surface area contributed by atoms with E-state index in [1.54, 1.807) is 20.8 Å². The molecular weight excluding hydrogens is 293 g/mol. The van der Waals surface area contributed by atoms with Gasteiger partial charge in [0.15, 0.2) is 0 Å². The number of halogens is 3. The van der Waals surface area contributed by atoms with Gasteiger partial charge in [-0.1, -0.05) is 0 Å². The summed E-state index contributed by atoms with van der Waals surface area (Å²) in [7, 11) is 0. The van der Waals surface area contributed by atoms with Crippen molar-refractivity contribution in [3.63, 3.8) is 0 Å². The number of hydrogen-bond donors (Lipinski definition) is 2. The number of nitrogens with one attached hydrogen (secondary N) is 1. The maximum Gasteiger partial charge on any atom is 0.387 e. The Balaban J connectivity index is 2.89. The third-order valence-electron chi connectivity index (χ3n) is 2.32. The Morgan fingerprint density at radius 1 is 1.35 bits per heavy atom. The number of nitrogens with two attached hydrogens (primary N) is 1. The van der Waals surface area contributed by atoms with Crippen LogP contribution in [0.1, 0.15) is 32.5 Å². The highest BCUT2D eigenvalue weighted by atomic mass is 32.2. The predicted octanol–water partition coefficient (Wildman–Crippen LogP) is 2.44. The molecule has 2 atom stereocenters. The summed E-state index contributed by atoms with van der Waals surface area (Å²) in [5, 5.41) is 0. The Labute approximate surface area is 118 Å². The first kappa shape index (κ1) is 17.1. The van der Waals surface area contributed by atoms with Gasteiger partial charge >= 0.3 is 6.61 Å². The molecule has 0 radical (unpaired) electrons. The van der Waals surface area contributed by atoms with Crippen LogP contribution in [0.5, 0.6) is 5.75 Å². The van der Waals surface area contributed by atoms with Crippen molar-refractivity contribution in [2.75, 3.05) is 0 Å². The lowest BCUT2D eigenvalue weighted by molar-refractivity contribution is -0.0499. The van der Waals surface area contributed by atoms with Gasteiger partial charge in [-0.3, -0.25) is 0 Å². The standard InChI is InChI=1S/C12H17F3N2O2S/c1-12(2,3)20(18)17-10(16)8-6-7(19-11(14)15)4-5-9(8)13/h4-6,10-11,17H,16H2,1-3H3/t10-,20-/m1/s1. The SMILES string of the molecule is CC(C)(C)[S@@+]([O-])N[C@@H](N)c1cc(OC(F)F)ccc1F. The monoisotopic (exact) mass is 310 g/mol. The van der Waals surface area contributed by atoms with Crippen molar-refractivity contribution < 1.29 is 22.5 Å². The first-order chi connectivity index (χ1) is 9.11. The molecule has 0 saturated heterocycles. The van der Waals surface area contributed by atoms with Crippen molar-refractivity contribution in [2.24, 2.45) is 5.73 Å². The third kappa shape index (κ3) is 4.86. The second-order valence-corrected chi connectivity index (χ2v) is 7.04. The molecule has 1 aromatic rings. The Morgan fingerprint density at radius 2 is 1.95 bits per heavy atom. The van der Waals surface area contributed by atoms with E-state index in [4.69, 9.17) is 5.73 Å². The summed E-state index contributed by atoms with van der Waals surface area (Å²) in [4.78, 5) is 0. The predicted molar refractivity (Wildman–Crippen MR) is 71.0 cm³/mol. The van der Waals surface area contributed by atoms with E-state index in [0.717, 1.165) is 18.2 Å². The first-order valence-corrected chi connectivity index (χ1v) is 6.94. The zero-order valence-electron chi connectivity index (χ0n) is 11.3. The lowest BCUT2D eigenvalue weighted by Crippen LogP contribution is -2.44. The van der Waals surface area contributed by atoms with Crippen molar-refractivity contribution in [3.8, 4) is 5.75 Å². The van der Waals surface area contributed by atoms with Gasteiger partial charge in [-0.05, 0) is 39.0 Å². The van der Waals surface area contributed by atoms with E-state index < -0.39 is 34.7 Å². The lowest BCUT2D eigenvalue weighted by atomic mass is 10.1. The fraction of sp³-hybridized carbons (Fsp3) is 0.500. The Hall–Kier alpha value is -0.960. The second-order valence-electron chi connectivity index (χ2n) is 5.04. The first-order valence-electron chi connectivity index (χ1n) is 5.79. The lowest BCUT2D eigenvalue weighted by Gasteiger charge is -2.26. The van der Waals surface area contributed by atoms with Crippen LogP contribution in [-0.4, -0.2) is 15.9 Å². The molecule has 3 N–H and O–H groups in total. The van der Waals surface area contributed by atoms with Gasteiger partial charge in [-0.25, -0.2) is 4.39 Å². The maximum absolute atomic E-state index is 13.6. The van der Waals surface area contributed by atoms with Crippen molar-refractivity contribution in [2.45, 2.75) is 38.3 Å². The van der Waals surface area contributed by atoms with Crippen molar-refractivity contribution >= 4 is 11.4 Å². The summed E-state index contributed by atoms with van der Waals surface area (Å²) in [6.45, 7) is 2.14. The van der Waals surface area contributed by atoms with Gasteiger partial charge in [0.2, 0.25) is 0 Å². The fourth-order valence-electron chi connectivity index (χ4n) is 1.29. The van der Waals surface area contributed by atoms with Gasteiger partial charge in [0.05, 0.1) is 0 Å². The van der Waals surface area contributed by atoms with Gasteiger partial charge in [0, 0.05) is 16.9 Å². The molecule has 0 unspecified atom stereocenters. The van der Waals surface area contributed by atoms with E-state index in [1.807, 2.05) is 0 Å². The molecule has 1 rings (SSSR count). The maximum atomic E-state index is 13.6. The zero-order valence-corrected chi connectivity index (χ0v) is 12.1. The van der Waals surface area contributed by atoms with Crippen LogP contribution >= 0.6 is 0 Å². The van der Waals surface area contributed by atoms with Crippen molar-refractivity contribution in [1.29, 1.82) is 0 Å². The molecule has 4 nitrogen and oxygen atoms in total. The fourth-order valence-corrected chi connectivity index (χ4v) is 2.00. The molecule has 1 aromatic carbocycles. The Kier molecular flexibility index (Phi) is 5.69. The summed E-state index contributed by atoms with van der Waals surface area (Å²) in [5.41, 5.74) is 5.61. The molecule has 20 heavy (non-hydrogen) atoms. The molecule has 0 aromatic heterocycles. The van der Waals surface area contributed by atoms with E-state index in [2.05, 4.69) is 9.46 Å². The highest BCUT2D eigenvalue weighted by Gasteiger charge is 2.29. The highest BCUT2D eigenvalue weighted by molar-refractivity contribution is 7.90. The van der Waals surface area contributed by atoms with E-state index >= 15 is 0 Å². The molecule has 0 aliphatic rings. The van der Waals surface area contributed by atoms with Crippen molar-refractivity contribution in [1.82, 2.24) is 4.72 Å². The number of rotatable bonds is 5. The third-order valence-corrected chi connectivity index (χ3v) is 3.90. The summed E-state index contributed by atoms with van der Waals surface area (Å²) >= 11 is -1.52. The summed E-state index contributed by atoms with van der Waals surface area (Å²) < 4.78 is 55.8. The summed E-state index contributed by atoms with van der Waals surface area (Å²) in [6.07, 6.45) is -1.10. The van der Waals surface area contributed by atoms with E-state index in [1.165, 1.54) is 0 Å².